The monoisotopic (exact) mass is 455 g/mol. The molecule has 0 radical (unpaired) electrons. The fraction of sp³-hybridized carbons (Fsp3) is 0.250. The van der Waals surface area contributed by atoms with E-state index in [9.17, 15) is 4.79 Å². The van der Waals surface area contributed by atoms with Crippen molar-refractivity contribution in [3.8, 4) is 5.75 Å². The average molecular weight is 456 g/mol. The van der Waals surface area contributed by atoms with Crippen molar-refractivity contribution in [1.29, 1.82) is 0 Å². The summed E-state index contributed by atoms with van der Waals surface area (Å²) in [5.41, 5.74) is 1.32. The molecule has 1 fully saturated rings. The average Bonchev–Trinajstić information content (AvgIpc) is 2.80. The lowest BCUT2D eigenvalue weighted by Crippen LogP contribution is -2.45. The second-order valence-corrected chi connectivity index (χ2v) is 8.29. The number of hydrogen-bond acceptors (Lipinski definition) is 4. The highest BCUT2D eigenvalue weighted by Gasteiger charge is 2.23. The number of aromatic nitrogens is 1. The van der Waals surface area contributed by atoms with E-state index in [0.29, 0.717) is 21.4 Å². The first-order valence-corrected chi connectivity index (χ1v) is 11.0. The molecule has 1 saturated heterocycles. The lowest BCUT2D eigenvalue weighted by molar-refractivity contribution is 0.0926. The Hall–Kier alpha value is -2.76. The van der Waals surface area contributed by atoms with Crippen molar-refractivity contribution >= 4 is 34.9 Å². The van der Waals surface area contributed by atoms with E-state index in [1.807, 2.05) is 36.4 Å². The number of nitrogens with zero attached hydrogens (tertiary/aromatic N) is 2. The van der Waals surface area contributed by atoms with E-state index in [2.05, 4.69) is 15.2 Å². The van der Waals surface area contributed by atoms with Crippen LogP contribution >= 0.6 is 23.2 Å². The van der Waals surface area contributed by atoms with Crippen molar-refractivity contribution in [2.24, 2.45) is 0 Å². The molecule has 5 nitrogen and oxygen atoms in total. The molecule has 0 aliphatic carbocycles. The number of ether oxygens (including phenoxy) is 1. The molecule has 7 heteroatoms. The first-order valence-electron chi connectivity index (χ1n) is 10.2. The van der Waals surface area contributed by atoms with E-state index in [1.165, 1.54) is 0 Å². The minimum absolute atomic E-state index is 0.117. The molecule has 0 unspecified atom stereocenters. The number of rotatable bonds is 6. The lowest BCUT2D eigenvalue weighted by atomic mass is 10.0. The summed E-state index contributed by atoms with van der Waals surface area (Å²) in [6, 6.07) is 18.6. The van der Waals surface area contributed by atoms with Crippen LogP contribution in [-0.4, -0.2) is 30.0 Å². The third-order valence-corrected chi connectivity index (χ3v) is 5.92. The number of halogens is 2. The second-order valence-electron chi connectivity index (χ2n) is 7.44. The molecule has 0 atom stereocenters. The molecule has 160 valence electrons. The summed E-state index contributed by atoms with van der Waals surface area (Å²) < 4.78 is 5.92. The number of carbonyl (C=O) groups excluding carboxylic acids is 1. The van der Waals surface area contributed by atoms with Gasteiger partial charge in [-0.2, -0.15) is 0 Å². The van der Waals surface area contributed by atoms with Gasteiger partial charge in [0.25, 0.3) is 5.91 Å². The summed E-state index contributed by atoms with van der Waals surface area (Å²) in [4.78, 5) is 19.6. The van der Waals surface area contributed by atoms with Crippen LogP contribution in [0.15, 0.2) is 66.9 Å². The summed E-state index contributed by atoms with van der Waals surface area (Å²) in [6.07, 6.45) is 3.54. The van der Waals surface area contributed by atoms with Crippen LogP contribution in [0.2, 0.25) is 10.0 Å². The predicted octanol–water partition coefficient (Wildman–Crippen LogP) is 5.37. The zero-order chi connectivity index (χ0) is 21.6. The third-order valence-electron chi connectivity index (χ3n) is 5.33. The summed E-state index contributed by atoms with van der Waals surface area (Å²) in [5.74, 6) is 1.37. The fourth-order valence-corrected chi connectivity index (χ4v) is 4.09. The number of nitrogens with one attached hydrogen (secondary N) is 1. The van der Waals surface area contributed by atoms with Crippen molar-refractivity contribution in [1.82, 2.24) is 10.3 Å². The van der Waals surface area contributed by atoms with Gasteiger partial charge in [-0.3, -0.25) is 4.79 Å². The second kappa shape index (κ2) is 10.0. The Morgan fingerprint density at radius 1 is 1.06 bits per heavy atom. The molecule has 1 aliphatic rings. The van der Waals surface area contributed by atoms with Crippen molar-refractivity contribution < 1.29 is 9.53 Å². The predicted molar refractivity (Wildman–Crippen MR) is 124 cm³/mol. The summed E-state index contributed by atoms with van der Waals surface area (Å²) in [5, 5.41) is 4.26. The third kappa shape index (κ3) is 5.49. The van der Waals surface area contributed by atoms with Gasteiger partial charge in [0.15, 0.2) is 0 Å². The van der Waals surface area contributed by atoms with Gasteiger partial charge >= 0.3 is 0 Å². The molecule has 2 aromatic carbocycles. The Balaban J connectivity index is 1.36. The van der Waals surface area contributed by atoms with Gasteiger partial charge in [-0.1, -0.05) is 47.5 Å². The number of benzene rings is 2. The Bertz CT molecular complexity index is 1040. The summed E-state index contributed by atoms with van der Waals surface area (Å²) >= 11 is 12.2. The van der Waals surface area contributed by atoms with Crippen LogP contribution in [0.4, 0.5) is 5.82 Å². The van der Waals surface area contributed by atoms with Gasteiger partial charge in [-0.15, -0.1) is 0 Å². The quantitative estimate of drug-likeness (QED) is 0.542. The van der Waals surface area contributed by atoms with Crippen LogP contribution in [-0.2, 0) is 6.61 Å². The molecule has 4 rings (SSSR count). The van der Waals surface area contributed by atoms with Crippen LogP contribution in [0.25, 0.3) is 0 Å². The number of hydrogen-bond donors (Lipinski definition) is 1. The van der Waals surface area contributed by atoms with E-state index < -0.39 is 0 Å². The van der Waals surface area contributed by atoms with Crippen LogP contribution < -0.4 is 15.0 Å². The van der Waals surface area contributed by atoms with E-state index in [-0.39, 0.29) is 18.6 Å². The van der Waals surface area contributed by atoms with Gasteiger partial charge in [0.1, 0.15) is 18.2 Å². The first kappa shape index (κ1) is 21.5. The molecule has 3 aromatic rings. The number of anilines is 1. The van der Waals surface area contributed by atoms with Crippen LogP contribution in [0.3, 0.4) is 0 Å². The highest BCUT2D eigenvalue weighted by atomic mass is 35.5. The van der Waals surface area contributed by atoms with Gasteiger partial charge in [0, 0.05) is 40.9 Å². The van der Waals surface area contributed by atoms with Gasteiger partial charge in [-0.25, -0.2) is 4.98 Å². The molecule has 31 heavy (non-hydrogen) atoms. The Kier molecular flexibility index (Phi) is 6.95. The summed E-state index contributed by atoms with van der Waals surface area (Å²) in [6.45, 7) is 1.97. The minimum Gasteiger partial charge on any atom is -0.488 e. The van der Waals surface area contributed by atoms with E-state index in [1.54, 1.807) is 30.5 Å². The standard InChI is InChI=1S/C24H23Cl2N3O2/c25-18-9-8-17(21(26)15-18)16-31-22-6-2-1-5-20(22)24(30)28-19-10-13-29(14-11-19)23-7-3-4-12-27-23/h1-9,12,15,19H,10-11,13-14,16H2,(H,28,30). The van der Waals surface area contributed by atoms with Gasteiger partial charge in [-0.05, 0) is 49.2 Å². The Morgan fingerprint density at radius 2 is 1.84 bits per heavy atom. The molecule has 0 spiro atoms. The number of piperidine rings is 1. The lowest BCUT2D eigenvalue weighted by Gasteiger charge is -2.33. The van der Waals surface area contributed by atoms with Crippen LogP contribution in [0, 0.1) is 0 Å². The number of pyridine rings is 1. The number of amides is 1. The molecule has 0 bridgehead atoms. The largest absolute Gasteiger partial charge is 0.488 e. The Labute approximate surface area is 192 Å². The smallest absolute Gasteiger partial charge is 0.255 e. The van der Waals surface area contributed by atoms with Crippen LogP contribution in [0.5, 0.6) is 5.75 Å². The molecule has 2 heterocycles. The SMILES string of the molecule is O=C(NC1CCN(c2ccccn2)CC1)c1ccccc1OCc1ccc(Cl)cc1Cl. The first-order chi connectivity index (χ1) is 15.1. The van der Waals surface area contributed by atoms with E-state index >= 15 is 0 Å². The number of para-hydroxylation sites is 1. The molecule has 1 aliphatic heterocycles. The molecule has 1 aromatic heterocycles. The molecular weight excluding hydrogens is 433 g/mol. The maximum Gasteiger partial charge on any atom is 0.255 e. The maximum absolute atomic E-state index is 12.9. The molecular formula is C24H23Cl2N3O2. The topological polar surface area (TPSA) is 54.5 Å². The summed E-state index contributed by atoms with van der Waals surface area (Å²) in [7, 11) is 0. The zero-order valence-electron chi connectivity index (χ0n) is 16.9. The van der Waals surface area contributed by atoms with Crippen molar-refractivity contribution in [3.63, 3.8) is 0 Å². The van der Waals surface area contributed by atoms with Crippen molar-refractivity contribution in [2.75, 3.05) is 18.0 Å². The van der Waals surface area contributed by atoms with E-state index in [0.717, 1.165) is 37.3 Å². The van der Waals surface area contributed by atoms with Gasteiger partial charge < -0.3 is 15.0 Å². The maximum atomic E-state index is 12.9. The van der Waals surface area contributed by atoms with Crippen molar-refractivity contribution in [2.45, 2.75) is 25.5 Å². The highest BCUT2D eigenvalue weighted by Crippen LogP contribution is 2.25. The number of carbonyl (C=O) groups is 1. The zero-order valence-corrected chi connectivity index (χ0v) is 18.4. The normalized spacial score (nSPS) is 14.3. The molecule has 1 amide bonds. The van der Waals surface area contributed by atoms with Crippen LogP contribution in [0.1, 0.15) is 28.8 Å². The highest BCUT2D eigenvalue weighted by molar-refractivity contribution is 6.35. The van der Waals surface area contributed by atoms with Gasteiger partial charge in [0.05, 0.1) is 5.56 Å². The fourth-order valence-electron chi connectivity index (χ4n) is 3.63. The van der Waals surface area contributed by atoms with Crippen molar-refractivity contribution in [3.05, 3.63) is 88.0 Å². The van der Waals surface area contributed by atoms with Gasteiger partial charge in [0.2, 0.25) is 0 Å². The molecule has 1 N–H and O–H groups in total. The Morgan fingerprint density at radius 3 is 2.58 bits per heavy atom. The molecule has 0 saturated carbocycles. The minimum atomic E-state index is -0.130. The van der Waals surface area contributed by atoms with E-state index in [4.69, 9.17) is 27.9 Å².